The van der Waals surface area contributed by atoms with Crippen molar-refractivity contribution in [3.8, 4) is 11.5 Å². The molecule has 0 atom stereocenters. The Morgan fingerprint density at radius 1 is 1.09 bits per heavy atom. The van der Waals surface area contributed by atoms with Gasteiger partial charge in [0.1, 0.15) is 0 Å². The van der Waals surface area contributed by atoms with Crippen molar-refractivity contribution in [2.45, 2.75) is 46.1 Å². The minimum Gasteiger partial charge on any atom is -0.493 e. The third-order valence-corrected chi connectivity index (χ3v) is 5.87. The average Bonchev–Trinajstić information content (AvgIpc) is 2.79. The number of hydrogen-bond donors (Lipinski definition) is 1. The van der Waals surface area contributed by atoms with E-state index >= 15 is 0 Å². The molecule has 32 heavy (non-hydrogen) atoms. The molecule has 1 aliphatic rings. The summed E-state index contributed by atoms with van der Waals surface area (Å²) in [4.78, 5) is 27.4. The summed E-state index contributed by atoms with van der Waals surface area (Å²) in [6.07, 6.45) is 2.42. The minimum absolute atomic E-state index is 0.0271. The van der Waals surface area contributed by atoms with E-state index in [1.165, 1.54) is 0 Å². The quantitative estimate of drug-likeness (QED) is 0.661. The molecule has 1 aliphatic heterocycles. The summed E-state index contributed by atoms with van der Waals surface area (Å²) in [7, 11) is 1.58. The molecule has 1 saturated heterocycles. The molecule has 2 aromatic carbocycles. The number of carbonyl (C=O) groups excluding carboxylic acids is 2. The van der Waals surface area contributed by atoms with E-state index in [1.807, 2.05) is 42.2 Å². The smallest absolute Gasteiger partial charge is 0.253 e. The van der Waals surface area contributed by atoms with Gasteiger partial charge in [-0.2, -0.15) is 0 Å². The van der Waals surface area contributed by atoms with Gasteiger partial charge in [0.25, 0.3) is 11.8 Å². The molecule has 0 aliphatic carbocycles. The largest absolute Gasteiger partial charge is 0.493 e. The van der Waals surface area contributed by atoms with Gasteiger partial charge in [-0.05, 0) is 61.9 Å². The van der Waals surface area contributed by atoms with Gasteiger partial charge in [0.05, 0.1) is 13.7 Å². The van der Waals surface area contributed by atoms with Gasteiger partial charge in [-0.1, -0.05) is 32.0 Å². The Morgan fingerprint density at radius 3 is 2.47 bits per heavy atom. The minimum atomic E-state index is -0.0503. The first kappa shape index (κ1) is 23.6. The van der Waals surface area contributed by atoms with Crippen molar-refractivity contribution in [1.29, 1.82) is 0 Å². The van der Waals surface area contributed by atoms with E-state index in [0.717, 1.165) is 24.8 Å². The van der Waals surface area contributed by atoms with Crippen molar-refractivity contribution in [2.75, 3.05) is 26.8 Å². The first-order valence-corrected chi connectivity index (χ1v) is 11.4. The Balaban J connectivity index is 1.55. The number of nitrogens with zero attached hydrogens (tertiary/aromatic N) is 1. The Bertz CT molecular complexity index is 933. The summed E-state index contributed by atoms with van der Waals surface area (Å²) in [6.45, 7) is 8.06. The second kappa shape index (κ2) is 11.0. The van der Waals surface area contributed by atoms with Crippen LogP contribution < -0.4 is 14.8 Å². The van der Waals surface area contributed by atoms with Crippen LogP contribution in [0.25, 0.3) is 0 Å². The number of hydrogen-bond acceptors (Lipinski definition) is 4. The molecular weight excluding hydrogens is 404 g/mol. The normalized spacial score (nSPS) is 14.3. The number of aryl methyl sites for hydroxylation is 1. The van der Waals surface area contributed by atoms with Crippen LogP contribution in [0.15, 0.2) is 42.5 Å². The third kappa shape index (κ3) is 6.02. The Morgan fingerprint density at radius 2 is 1.81 bits per heavy atom. The van der Waals surface area contributed by atoms with Gasteiger partial charge < -0.3 is 19.7 Å². The lowest BCUT2D eigenvalue weighted by atomic mass is 10.0. The highest BCUT2D eigenvalue weighted by Crippen LogP contribution is 2.29. The summed E-state index contributed by atoms with van der Waals surface area (Å²) < 4.78 is 11.3. The molecule has 1 N–H and O–H groups in total. The highest BCUT2D eigenvalue weighted by molar-refractivity contribution is 5.96. The number of nitrogens with one attached hydrogen (secondary N) is 1. The maximum absolute atomic E-state index is 13.0. The Hall–Kier alpha value is -3.02. The molecule has 1 heterocycles. The zero-order valence-corrected chi connectivity index (χ0v) is 19.5. The lowest BCUT2D eigenvalue weighted by Gasteiger charge is -2.32. The van der Waals surface area contributed by atoms with Crippen molar-refractivity contribution in [2.24, 2.45) is 5.92 Å². The number of rotatable bonds is 8. The molecule has 0 spiro atoms. The number of likely N-dealkylation sites (tertiary alicyclic amines) is 1. The summed E-state index contributed by atoms with van der Waals surface area (Å²) in [6, 6.07) is 13.0. The topological polar surface area (TPSA) is 67.9 Å². The van der Waals surface area contributed by atoms with Crippen molar-refractivity contribution < 1.29 is 19.1 Å². The van der Waals surface area contributed by atoms with E-state index < -0.39 is 0 Å². The highest BCUT2D eigenvalue weighted by Gasteiger charge is 2.26. The van der Waals surface area contributed by atoms with Crippen LogP contribution in [-0.2, 0) is 0 Å². The standard InChI is InChI=1S/C26H34N2O4/c1-18(2)13-16-32-23-10-9-20(17-24(23)31-4)26(30)28-14-11-21(12-15-28)27-25(29)22-8-6-5-7-19(22)3/h5-10,17-18,21H,11-16H2,1-4H3,(H,27,29). The van der Waals surface area contributed by atoms with Crippen LogP contribution in [0.3, 0.4) is 0 Å². The van der Waals surface area contributed by atoms with Gasteiger partial charge in [0.15, 0.2) is 11.5 Å². The highest BCUT2D eigenvalue weighted by atomic mass is 16.5. The van der Waals surface area contributed by atoms with Crippen molar-refractivity contribution in [3.63, 3.8) is 0 Å². The van der Waals surface area contributed by atoms with E-state index in [4.69, 9.17) is 9.47 Å². The molecular formula is C26H34N2O4. The fraction of sp³-hybridized carbons (Fsp3) is 0.462. The summed E-state index contributed by atoms with van der Waals surface area (Å²) in [5.41, 5.74) is 2.25. The third-order valence-electron chi connectivity index (χ3n) is 5.87. The van der Waals surface area contributed by atoms with E-state index in [9.17, 15) is 9.59 Å². The van der Waals surface area contributed by atoms with Gasteiger partial charge >= 0.3 is 0 Å². The SMILES string of the molecule is COc1cc(C(=O)N2CCC(NC(=O)c3ccccc3C)CC2)ccc1OCCC(C)C. The lowest BCUT2D eigenvalue weighted by Crippen LogP contribution is -2.46. The van der Waals surface area contributed by atoms with Gasteiger partial charge in [0, 0.05) is 30.3 Å². The van der Waals surface area contributed by atoms with Crippen molar-refractivity contribution in [1.82, 2.24) is 10.2 Å². The second-order valence-corrected chi connectivity index (χ2v) is 8.75. The lowest BCUT2D eigenvalue weighted by molar-refractivity contribution is 0.0697. The number of carbonyl (C=O) groups is 2. The van der Waals surface area contributed by atoms with Crippen LogP contribution in [-0.4, -0.2) is 49.6 Å². The molecule has 1 fully saturated rings. The molecule has 0 radical (unpaired) electrons. The monoisotopic (exact) mass is 438 g/mol. The van der Waals surface area contributed by atoms with E-state index in [2.05, 4.69) is 19.2 Å². The van der Waals surface area contributed by atoms with Crippen LogP contribution in [0.5, 0.6) is 11.5 Å². The Kier molecular flexibility index (Phi) is 8.14. The fourth-order valence-electron chi connectivity index (χ4n) is 3.82. The van der Waals surface area contributed by atoms with Crippen molar-refractivity contribution in [3.05, 3.63) is 59.2 Å². The van der Waals surface area contributed by atoms with Crippen LogP contribution in [0.2, 0.25) is 0 Å². The molecule has 172 valence electrons. The van der Waals surface area contributed by atoms with Crippen LogP contribution in [0.1, 0.15) is 59.4 Å². The first-order valence-electron chi connectivity index (χ1n) is 11.4. The van der Waals surface area contributed by atoms with Gasteiger partial charge in [0.2, 0.25) is 0 Å². The summed E-state index contributed by atoms with van der Waals surface area (Å²) >= 11 is 0. The van der Waals surface area contributed by atoms with E-state index in [-0.39, 0.29) is 17.9 Å². The molecule has 2 amide bonds. The molecule has 0 bridgehead atoms. The van der Waals surface area contributed by atoms with E-state index in [0.29, 0.717) is 48.2 Å². The zero-order chi connectivity index (χ0) is 23.1. The number of piperidine rings is 1. The average molecular weight is 439 g/mol. The van der Waals surface area contributed by atoms with E-state index in [1.54, 1.807) is 19.2 Å². The maximum atomic E-state index is 13.0. The Labute approximate surface area is 190 Å². The number of benzene rings is 2. The van der Waals surface area contributed by atoms with Crippen LogP contribution in [0.4, 0.5) is 0 Å². The second-order valence-electron chi connectivity index (χ2n) is 8.75. The van der Waals surface area contributed by atoms with Gasteiger partial charge in [-0.3, -0.25) is 9.59 Å². The molecule has 3 rings (SSSR count). The summed E-state index contributed by atoms with van der Waals surface area (Å²) in [5, 5.41) is 3.11. The van der Waals surface area contributed by atoms with Crippen molar-refractivity contribution >= 4 is 11.8 Å². The first-order chi connectivity index (χ1) is 15.4. The fourth-order valence-corrected chi connectivity index (χ4v) is 3.82. The van der Waals surface area contributed by atoms with Gasteiger partial charge in [-0.15, -0.1) is 0 Å². The molecule has 6 nitrogen and oxygen atoms in total. The predicted molar refractivity (Wildman–Crippen MR) is 126 cm³/mol. The molecule has 0 unspecified atom stereocenters. The maximum Gasteiger partial charge on any atom is 0.253 e. The predicted octanol–water partition coefficient (Wildman–Crippen LogP) is 4.46. The molecule has 0 aromatic heterocycles. The number of ether oxygens (including phenoxy) is 2. The summed E-state index contributed by atoms with van der Waals surface area (Å²) in [5.74, 6) is 1.71. The number of methoxy groups -OCH3 is 1. The number of amides is 2. The zero-order valence-electron chi connectivity index (χ0n) is 19.5. The van der Waals surface area contributed by atoms with Crippen LogP contribution >= 0.6 is 0 Å². The molecule has 6 heteroatoms. The van der Waals surface area contributed by atoms with Gasteiger partial charge in [-0.25, -0.2) is 0 Å². The van der Waals surface area contributed by atoms with Crippen LogP contribution in [0, 0.1) is 12.8 Å². The molecule has 0 saturated carbocycles. The molecule has 2 aromatic rings.